The Morgan fingerprint density at radius 2 is 1.53 bits per heavy atom. The van der Waals surface area contributed by atoms with Crippen LogP contribution in [0.2, 0.25) is 0 Å². The van der Waals surface area contributed by atoms with Crippen LogP contribution >= 0.6 is 0 Å². The lowest BCUT2D eigenvalue weighted by atomic mass is 9.77. The summed E-state index contributed by atoms with van der Waals surface area (Å²) in [7, 11) is 0. The molecule has 2 aliphatic rings. The molecule has 1 heterocycles. The highest BCUT2D eigenvalue weighted by molar-refractivity contribution is 6.01. The number of hydrogen-bond acceptors (Lipinski definition) is 3. The van der Waals surface area contributed by atoms with Gasteiger partial charge in [-0.1, -0.05) is 103 Å². The number of aryl methyl sites for hydroxylation is 1. The summed E-state index contributed by atoms with van der Waals surface area (Å²) in [4.78, 5) is 26.2. The molecule has 180 valence electrons. The zero-order valence-corrected chi connectivity index (χ0v) is 20.3. The van der Waals surface area contributed by atoms with Gasteiger partial charge in [0.25, 0.3) is 0 Å². The van der Waals surface area contributed by atoms with Crippen LogP contribution in [0.1, 0.15) is 48.3 Å². The lowest BCUT2D eigenvalue weighted by Gasteiger charge is -2.35. The van der Waals surface area contributed by atoms with Crippen LogP contribution < -0.4 is 0 Å². The molecule has 2 atom stereocenters. The molecule has 0 saturated carbocycles. The van der Waals surface area contributed by atoms with E-state index in [0.29, 0.717) is 31.4 Å². The van der Waals surface area contributed by atoms with Gasteiger partial charge in [0.05, 0.1) is 0 Å². The Morgan fingerprint density at radius 1 is 0.861 bits per heavy atom. The number of Topliss-reactive ketones (excluding diaryl/α,β-unsaturated/α-hetero) is 2. The predicted molar refractivity (Wildman–Crippen MR) is 143 cm³/mol. The van der Waals surface area contributed by atoms with Crippen LogP contribution in [0.15, 0.2) is 120 Å². The van der Waals surface area contributed by atoms with Crippen LogP contribution in [-0.4, -0.2) is 17.7 Å². The summed E-state index contributed by atoms with van der Waals surface area (Å²) in [6.07, 6.45) is 8.32. The standard InChI is InChI=1S/C33H30O3/c34-28(19-18-25-12-6-2-7-13-25)22-29-23-30(27-14-8-3-9-15-27)33-31(35)20-26(21-32(33)36-29)17-16-24-10-4-1-5-11-24/h1-17,21,29-30H,18-20,22-23H2/t29-,30+/m1/s1. The van der Waals surface area contributed by atoms with Crippen LogP contribution in [0.25, 0.3) is 6.08 Å². The fourth-order valence-corrected chi connectivity index (χ4v) is 5.06. The largest absolute Gasteiger partial charge is 0.489 e. The number of ketones is 2. The maximum absolute atomic E-state index is 13.3. The SMILES string of the molecule is O=C(CCc1ccccc1)C[C@@H]1C[C@@H](c2ccccc2)C2=C(C=C(C=Cc3ccccc3)CC2=O)O1. The molecule has 1 aliphatic carbocycles. The summed E-state index contributed by atoms with van der Waals surface area (Å²) in [6, 6.07) is 30.2. The first-order valence-electron chi connectivity index (χ1n) is 12.6. The maximum atomic E-state index is 13.3. The Labute approximate surface area is 212 Å². The number of carbonyl (C=O) groups excluding carboxylic acids is 2. The lowest BCUT2D eigenvalue weighted by Crippen LogP contribution is -2.31. The molecule has 36 heavy (non-hydrogen) atoms. The van der Waals surface area contributed by atoms with Crippen molar-refractivity contribution in [2.75, 3.05) is 0 Å². The highest BCUT2D eigenvalue weighted by Gasteiger charge is 2.37. The van der Waals surface area contributed by atoms with Crippen molar-refractivity contribution in [3.63, 3.8) is 0 Å². The third-order valence-electron chi connectivity index (χ3n) is 6.87. The first-order valence-corrected chi connectivity index (χ1v) is 12.6. The van der Waals surface area contributed by atoms with E-state index in [2.05, 4.69) is 24.3 Å². The van der Waals surface area contributed by atoms with Crippen molar-refractivity contribution in [2.45, 2.75) is 44.1 Å². The van der Waals surface area contributed by atoms with Crippen molar-refractivity contribution >= 4 is 17.6 Å². The second-order valence-electron chi connectivity index (χ2n) is 9.51. The fraction of sp³-hybridized carbons (Fsp3) is 0.212. The van der Waals surface area contributed by atoms with Crippen LogP contribution in [0, 0.1) is 0 Å². The average molecular weight is 475 g/mol. The van der Waals surface area contributed by atoms with Gasteiger partial charge in [-0.25, -0.2) is 0 Å². The first kappa shape index (κ1) is 23.7. The third-order valence-corrected chi connectivity index (χ3v) is 6.87. The molecule has 0 aromatic heterocycles. The summed E-state index contributed by atoms with van der Waals surface area (Å²) >= 11 is 0. The molecule has 0 radical (unpaired) electrons. The van der Waals surface area contributed by atoms with Gasteiger partial charge in [-0.2, -0.15) is 0 Å². The van der Waals surface area contributed by atoms with Gasteiger partial charge < -0.3 is 4.74 Å². The molecule has 0 fully saturated rings. The second-order valence-corrected chi connectivity index (χ2v) is 9.51. The predicted octanol–water partition coefficient (Wildman–Crippen LogP) is 7.02. The molecule has 1 aliphatic heterocycles. The zero-order valence-electron chi connectivity index (χ0n) is 20.3. The molecule has 3 aromatic rings. The van der Waals surface area contributed by atoms with E-state index >= 15 is 0 Å². The highest BCUT2D eigenvalue weighted by Crippen LogP contribution is 2.42. The quantitative estimate of drug-likeness (QED) is 0.352. The van der Waals surface area contributed by atoms with E-state index < -0.39 is 0 Å². The van der Waals surface area contributed by atoms with E-state index in [1.807, 2.05) is 85.0 Å². The van der Waals surface area contributed by atoms with Gasteiger partial charge in [-0.3, -0.25) is 9.59 Å². The topological polar surface area (TPSA) is 43.4 Å². The first-order chi connectivity index (χ1) is 17.7. The van der Waals surface area contributed by atoms with E-state index in [9.17, 15) is 9.59 Å². The molecule has 0 N–H and O–H groups in total. The molecule has 0 amide bonds. The molecule has 0 saturated heterocycles. The smallest absolute Gasteiger partial charge is 0.167 e. The van der Waals surface area contributed by atoms with Gasteiger partial charge in [-0.15, -0.1) is 0 Å². The summed E-state index contributed by atoms with van der Waals surface area (Å²) in [5.74, 6) is 0.850. The number of allylic oxidation sites excluding steroid dienone is 4. The number of rotatable bonds is 8. The number of ether oxygens (including phenoxy) is 1. The van der Waals surface area contributed by atoms with Gasteiger partial charge in [0.2, 0.25) is 0 Å². The van der Waals surface area contributed by atoms with Gasteiger partial charge >= 0.3 is 0 Å². The van der Waals surface area contributed by atoms with E-state index in [1.165, 1.54) is 5.56 Å². The Balaban J connectivity index is 1.37. The van der Waals surface area contributed by atoms with Crippen LogP contribution in [0.3, 0.4) is 0 Å². The maximum Gasteiger partial charge on any atom is 0.167 e. The van der Waals surface area contributed by atoms with Gasteiger partial charge in [0.15, 0.2) is 5.78 Å². The second kappa shape index (κ2) is 11.2. The Morgan fingerprint density at radius 3 is 2.25 bits per heavy atom. The summed E-state index contributed by atoms with van der Waals surface area (Å²) in [5, 5.41) is 0. The van der Waals surface area contributed by atoms with Crippen molar-refractivity contribution in [1.29, 1.82) is 0 Å². The Kier molecular flexibility index (Phi) is 7.37. The molecule has 0 spiro atoms. The van der Waals surface area contributed by atoms with Crippen LogP contribution in [0.4, 0.5) is 0 Å². The van der Waals surface area contributed by atoms with Gasteiger partial charge in [-0.05, 0) is 41.2 Å². The van der Waals surface area contributed by atoms with Crippen LogP contribution in [-0.2, 0) is 20.7 Å². The molecule has 0 unspecified atom stereocenters. The van der Waals surface area contributed by atoms with Crippen molar-refractivity contribution in [3.8, 4) is 0 Å². The van der Waals surface area contributed by atoms with Gasteiger partial charge in [0, 0.05) is 30.8 Å². The third kappa shape index (κ3) is 5.80. The molecule has 0 bridgehead atoms. The highest BCUT2D eigenvalue weighted by atomic mass is 16.5. The number of benzene rings is 3. The Bertz CT molecular complexity index is 1300. The van der Waals surface area contributed by atoms with E-state index in [0.717, 1.165) is 28.7 Å². The summed E-state index contributed by atoms with van der Waals surface area (Å²) in [5.41, 5.74) is 5.01. The van der Waals surface area contributed by atoms with E-state index in [4.69, 9.17) is 4.74 Å². The minimum atomic E-state index is -0.251. The summed E-state index contributed by atoms with van der Waals surface area (Å²) in [6.45, 7) is 0. The fourth-order valence-electron chi connectivity index (χ4n) is 5.06. The molecule has 3 aromatic carbocycles. The van der Waals surface area contributed by atoms with Crippen molar-refractivity contribution < 1.29 is 14.3 Å². The number of hydrogen-bond donors (Lipinski definition) is 0. The van der Waals surface area contributed by atoms with Gasteiger partial charge in [0.1, 0.15) is 17.6 Å². The normalized spacial score (nSPS) is 19.6. The Hall–Kier alpha value is -3.98. The molecular weight excluding hydrogens is 444 g/mol. The zero-order chi connectivity index (χ0) is 24.7. The van der Waals surface area contributed by atoms with Crippen molar-refractivity contribution in [2.24, 2.45) is 0 Å². The molecule has 3 nitrogen and oxygen atoms in total. The summed E-state index contributed by atoms with van der Waals surface area (Å²) < 4.78 is 6.35. The van der Waals surface area contributed by atoms with E-state index in [-0.39, 0.29) is 23.6 Å². The lowest BCUT2D eigenvalue weighted by molar-refractivity contribution is -0.121. The minimum absolute atomic E-state index is 0.0646. The van der Waals surface area contributed by atoms with Crippen LogP contribution in [0.5, 0.6) is 0 Å². The van der Waals surface area contributed by atoms with Crippen molar-refractivity contribution in [1.82, 2.24) is 0 Å². The van der Waals surface area contributed by atoms with Crippen molar-refractivity contribution in [3.05, 3.63) is 137 Å². The monoisotopic (exact) mass is 474 g/mol. The van der Waals surface area contributed by atoms with E-state index in [1.54, 1.807) is 0 Å². The minimum Gasteiger partial charge on any atom is -0.489 e. The molecule has 5 rings (SSSR count). The average Bonchev–Trinajstić information content (AvgIpc) is 2.92. The molecule has 3 heteroatoms. The number of carbonyl (C=O) groups is 2. The molecular formula is C33H30O3.